The van der Waals surface area contributed by atoms with Gasteiger partial charge in [-0.25, -0.2) is 0 Å². The van der Waals surface area contributed by atoms with E-state index >= 15 is 0 Å². The molecule has 0 fully saturated rings. The van der Waals surface area contributed by atoms with Gasteiger partial charge in [0.25, 0.3) is 5.91 Å². The monoisotopic (exact) mass is 294 g/mol. The van der Waals surface area contributed by atoms with Crippen LogP contribution in [0, 0.1) is 0 Å². The van der Waals surface area contributed by atoms with Crippen LogP contribution in [0.4, 0.5) is 11.4 Å². The van der Waals surface area contributed by atoms with E-state index in [9.17, 15) is 9.59 Å². The highest BCUT2D eigenvalue weighted by atomic mass is 16.2. The van der Waals surface area contributed by atoms with Crippen molar-refractivity contribution in [2.24, 2.45) is 0 Å². The standard InChI is InChI=1S/C16H14N4O2/c1-10(21)18-13-6-2-4-11(8-13)16(22)19-14-7-3-5-12-9-17-20-15(12)14/h2-9H,1H3,(H,17,20)(H,18,21)(H,19,22). The number of aromatic nitrogens is 2. The maximum absolute atomic E-state index is 12.4. The smallest absolute Gasteiger partial charge is 0.255 e. The number of rotatable bonds is 3. The van der Waals surface area contributed by atoms with Crippen molar-refractivity contribution in [1.82, 2.24) is 10.2 Å². The fourth-order valence-corrected chi connectivity index (χ4v) is 2.21. The van der Waals surface area contributed by atoms with Gasteiger partial charge in [-0.2, -0.15) is 5.10 Å². The van der Waals surface area contributed by atoms with E-state index in [0.29, 0.717) is 16.9 Å². The summed E-state index contributed by atoms with van der Waals surface area (Å²) in [5.74, 6) is -0.436. The highest BCUT2D eigenvalue weighted by Crippen LogP contribution is 2.21. The molecule has 3 rings (SSSR count). The summed E-state index contributed by atoms with van der Waals surface area (Å²) in [7, 11) is 0. The van der Waals surface area contributed by atoms with E-state index in [1.807, 2.05) is 12.1 Å². The molecule has 0 bridgehead atoms. The highest BCUT2D eigenvalue weighted by Gasteiger charge is 2.10. The molecule has 2 amide bonds. The molecule has 0 saturated heterocycles. The molecule has 0 radical (unpaired) electrons. The van der Waals surface area contributed by atoms with Crippen molar-refractivity contribution in [3.8, 4) is 0 Å². The lowest BCUT2D eigenvalue weighted by atomic mass is 10.1. The molecule has 2 aromatic carbocycles. The van der Waals surface area contributed by atoms with Crippen molar-refractivity contribution >= 4 is 34.1 Å². The first-order valence-electron chi connectivity index (χ1n) is 6.74. The first-order valence-corrected chi connectivity index (χ1v) is 6.74. The Bertz CT molecular complexity index is 854. The topological polar surface area (TPSA) is 86.9 Å². The van der Waals surface area contributed by atoms with E-state index in [1.54, 1.807) is 36.5 Å². The number of nitrogens with one attached hydrogen (secondary N) is 3. The van der Waals surface area contributed by atoms with Crippen LogP contribution in [-0.2, 0) is 4.79 Å². The van der Waals surface area contributed by atoms with E-state index in [4.69, 9.17) is 0 Å². The number of hydrogen-bond acceptors (Lipinski definition) is 3. The first-order chi connectivity index (χ1) is 10.6. The fraction of sp³-hybridized carbons (Fsp3) is 0.0625. The lowest BCUT2D eigenvalue weighted by Gasteiger charge is -2.08. The molecule has 1 aromatic heterocycles. The van der Waals surface area contributed by atoms with E-state index in [2.05, 4.69) is 20.8 Å². The van der Waals surface area contributed by atoms with Gasteiger partial charge in [-0.05, 0) is 24.3 Å². The molecule has 22 heavy (non-hydrogen) atoms. The quantitative estimate of drug-likeness (QED) is 0.694. The predicted molar refractivity (Wildman–Crippen MR) is 84.8 cm³/mol. The van der Waals surface area contributed by atoms with Gasteiger partial charge < -0.3 is 10.6 Å². The third-order valence-corrected chi connectivity index (χ3v) is 3.17. The molecule has 110 valence electrons. The summed E-state index contributed by atoms with van der Waals surface area (Å²) >= 11 is 0. The largest absolute Gasteiger partial charge is 0.326 e. The van der Waals surface area contributed by atoms with Crippen LogP contribution in [-0.4, -0.2) is 22.0 Å². The van der Waals surface area contributed by atoms with Gasteiger partial charge in [0, 0.05) is 23.6 Å². The maximum Gasteiger partial charge on any atom is 0.255 e. The molecule has 0 aliphatic rings. The first kappa shape index (κ1) is 13.8. The second kappa shape index (κ2) is 5.69. The summed E-state index contributed by atoms with van der Waals surface area (Å²) in [6.07, 6.45) is 1.70. The number of para-hydroxylation sites is 1. The van der Waals surface area contributed by atoms with Crippen LogP contribution in [0.5, 0.6) is 0 Å². The van der Waals surface area contributed by atoms with E-state index in [1.165, 1.54) is 6.92 Å². The van der Waals surface area contributed by atoms with Gasteiger partial charge in [-0.15, -0.1) is 0 Å². The Morgan fingerprint density at radius 1 is 1.09 bits per heavy atom. The summed E-state index contributed by atoms with van der Waals surface area (Å²) < 4.78 is 0. The minimum atomic E-state index is -0.255. The van der Waals surface area contributed by atoms with Crippen molar-refractivity contribution in [3.63, 3.8) is 0 Å². The van der Waals surface area contributed by atoms with Gasteiger partial charge in [-0.3, -0.25) is 14.7 Å². The number of benzene rings is 2. The number of aromatic amines is 1. The Labute approximate surface area is 126 Å². The number of hydrogen-bond donors (Lipinski definition) is 3. The molecule has 0 aliphatic heterocycles. The third kappa shape index (κ3) is 2.80. The SMILES string of the molecule is CC(=O)Nc1cccc(C(=O)Nc2cccc3cn[nH]c23)c1. The van der Waals surface area contributed by atoms with Crippen LogP contribution < -0.4 is 10.6 Å². The number of carbonyl (C=O) groups is 2. The number of amides is 2. The summed E-state index contributed by atoms with van der Waals surface area (Å²) in [6.45, 7) is 1.42. The average molecular weight is 294 g/mol. The molecular formula is C16H14N4O2. The molecule has 0 spiro atoms. The molecule has 0 unspecified atom stereocenters. The van der Waals surface area contributed by atoms with Gasteiger partial charge in [0.15, 0.2) is 0 Å². The average Bonchev–Trinajstić information content (AvgIpc) is 2.96. The molecule has 0 atom stereocenters. The Morgan fingerprint density at radius 2 is 1.91 bits per heavy atom. The molecule has 0 saturated carbocycles. The minimum absolute atomic E-state index is 0.181. The van der Waals surface area contributed by atoms with Crippen LogP contribution in [0.3, 0.4) is 0 Å². The maximum atomic E-state index is 12.4. The number of carbonyl (C=O) groups excluding carboxylic acids is 2. The van der Waals surface area contributed by atoms with Crippen LogP contribution >= 0.6 is 0 Å². The van der Waals surface area contributed by atoms with Crippen molar-refractivity contribution in [1.29, 1.82) is 0 Å². The van der Waals surface area contributed by atoms with Crippen molar-refractivity contribution < 1.29 is 9.59 Å². The fourth-order valence-electron chi connectivity index (χ4n) is 2.21. The second-order valence-corrected chi connectivity index (χ2v) is 4.86. The zero-order valence-electron chi connectivity index (χ0n) is 11.9. The Hall–Kier alpha value is -3.15. The van der Waals surface area contributed by atoms with Crippen LogP contribution in [0.1, 0.15) is 17.3 Å². The number of fused-ring (bicyclic) bond motifs is 1. The molecule has 3 N–H and O–H groups in total. The minimum Gasteiger partial charge on any atom is -0.326 e. The Balaban J connectivity index is 1.85. The number of nitrogens with zero attached hydrogens (tertiary/aromatic N) is 1. The van der Waals surface area contributed by atoms with Gasteiger partial charge in [0.05, 0.1) is 17.4 Å². The molecular weight excluding hydrogens is 280 g/mol. The molecule has 3 aromatic rings. The summed E-state index contributed by atoms with van der Waals surface area (Å²) in [5, 5.41) is 13.2. The van der Waals surface area contributed by atoms with Gasteiger partial charge >= 0.3 is 0 Å². The third-order valence-electron chi connectivity index (χ3n) is 3.17. The number of H-pyrrole nitrogens is 1. The molecule has 6 heteroatoms. The van der Waals surface area contributed by atoms with Crippen LogP contribution in [0.15, 0.2) is 48.7 Å². The lowest BCUT2D eigenvalue weighted by Crippen LogP contribution is -2.13. The highest BCUT2D eigenvalue weighted by molar-refractivity contribution is 6.08. The summed E-state index contributed by atoms with van der Waals surface area (Å²) in [6, 6.07) is 12.3. The number of anilines is 2. The molecule has 6 nitrogen and oxygen atoms in total. The van der Waals surface area contributed by atoms with E-state index < -0.39 is 0 Å². The second-order valence-electron chi connectivity index (χ2n) is 4.86. The van der Waals surface area contributed by atoms with E-state index in [0.717, 1.165) is 10.9 Å². The van der Waals surface area contributed by atoms with Crippen molar-refractivity contribution in [2.75, 3.05) is 10.6 Å². The zero-order chi connectivity index (χ0) is 15.5. The van der Waals surface area contributed by atoms with Gasteiger partial charge in [-0.1, -0.05) is 18.2 Å². The zero-order valence-corrected chi connectivity index (χ0v) is 11.9. The van der Waals surface area contributed by atoms with Gasteiger partial charge in [0.2, 0.25) is 5.91 Å². The van der Waals surface area contributed by atoms with E-state index in [-0.39, 0.29) is 11.8 Å². The van der Waals surface area contributed by atoms with Gasteiger partial charge in [0.1, 0.15) is 0 Å². The molecule has 1 heterocycles. The van der Waals surface area contributed by atoms with Crippen molar-refractivity contribution in [3.05, 3.63) is 54.2 Å². The summed E-state index contributed by atoms with van der Waals surface area (Å²) in [5.41, 5.74) is 2.47. The molecule has 0 aliphatic carbocycles. The van der Waals surface area contributed by atoms with Crippen LogP contribution in [0.25, 0.3) is 10.9 Å². The predicted octanol–water partition coefficient (Wildman–Crippen LogP) is 2.77. The summed E-state index contributed by atoms with van der Waals surface area (Å²) in [4.78, 5) is 23.4. The van der Waals surface area contributed by atoms with Crippen molar-refractivity contribution in [2.45, 2.75) is 6.92 Å². The Morgan fingerprint density at radius 3 is 2.73 bits per heavy atom. The normalized spacial score (nSPS) is 10.4. The Kier molecular flexibility index (Phi) is 3.57. The van der Waals surface area contributed by atoms with Crippen LogP contribution in [0.2, 0.25) is 0 Å². The lowest BCUT2D eigenvalue weighted by molar-refractivity contribution is -0.114.